The number of hydrogen-bond donors (Lipinski definition) is 0. The molecule has 0 spiro atoms. The van der Waals surface area contributed by atoms with E-state index in [0.717, 1.165) is 5.70 Å². The average molecular weight is 149 g/mol. The molecule has 0 amide bonds. The van der Waals surface area contributed by atoms with Gasteiger partial charge in [0.25, 0.3) is 0 Å². The van der Waals surface area contributed by atoms with Crippen molar-refractivity contribution in [1.29, 1.82) is 0 Å². The van der Waals surface area contributed by atoms with E-state index < -0.39 is 0 Å². The van der Waals surface area contributed by atoms with Crippen LogP contribution < -0.4 is 5.32 Å². The molecular weight excluding hydrogens is 144 g/mol. The van der Waals surface area contributed by atoms with Crippen molar-refractivity contribution in [2.45, 2.75) is 0 Å². The zero-order valence-electron chi connectivity index (χ0n) is 5.19. The first kappa shape index (κ1) is 5.68. The van der Waals surface area contributed by atoms with Gasteiger partial charge in [0.05, 0.1) is 11.1 Å². The van der Waals surface area contributed by atoms with Gasteiger partial charge in [-0.3, -0.25) is 0 Å². The van der Waals surface area contributed by atoms with Gasteiger partial charge >= 0.3 is 0 Å². The lowest BCUT2D eigenvalue weighted by atomic mass is 10.4. The van der Waals surface area contributed by atoms with E-state index in [4.69, 9.17) is 0 Å². The minimum atomic E-state index is 0.968. The lowest BCUT2D eigenvalue weighted by Crippen LogP contribution is -1.92. The van der Waals surface area contributed by atoms with Gasteiger partial charge in [0.2, 0.25) is 0 Å². The highest BCUT2D eigenvalue weighted by Crippen LogP contribution is 2.19. The van der Waals surface area contributed by atoms with Gasteiger partial charge in [-0.15, -0.1) is 11.3 Å². The summed E-state index contributed by atoms with van der Waals surface area (Å²) in [5.41, 5.74) is 0.968. The SMILES string of the molecule is C1=NC=C(c2cccs2)[N]1. The fraction of sp³-hybridized carbons (Fsp3) is 0. The van der Waals surface area contributed by atoms with Gasteiger partial charge < -0.3 is 0 Å². The molecule has 0 saturated heterocycles. The Kier molecular flexibility index (Phi) is 1.29. The average Bonchev–Trinajstić information content (AvgIpc) is 2.59. The molecule has 0 aliphatic carbocycles. The van der Waals surface area contributed by atoms with Crippen molar-refractivity contribution in [3.8, 4) is 0 Å². The minimum absolute atomic E-state index is 0.968. The number of nitrogens with zero attached hydrogens (tertiary/aromatic N) is 2. The quantitative estimate of drug-likeness (QED) is 0.581. The molecule has 49 valence electrons. The predicted molar refractivity (Wildman–Crippen MR) is 42.9 cm³/mol. The van der Waals surface area contributed by atoms with Crippen molar-refractivity contribution in [2.75, 3.05) is 0 Å². The van der Waals surface area contributed by atoms with Crippen LogP contribution in [0.25, 0.3) is 5.70 Å². The molecule has 0 saturated carbocycles. The van der Waals surface area contributed by atoms with E-state index in [1.165, 1.54) is 4.88 Å². The van der Waals surface area contributed by atoms with Crippen molar-refractivity contribution < 1.29 is 0 Å². The highest BCUT2D eigenvalue weighted by Gasteiger charge is 2.04. The van der Waals surface area contributed by atoms with Crippen molar-refractivity contribution in [3.05, 3.63) is 28.6 Å². The van der Waals surface area contributed by atoms with Crippen LogP contribution in [0.4, 0.5) is 0 Å². The van der Waals surface area contributed by atoms with Crippen molar-refractivity contribution >= 4 is 23.4 Å². The van der Waals surface area contributed by atoms with Crippen LogP contribution in [-0.4, -0.2) is 6.34 Å². The molecule has 0 bridgehead atoms. The van der Waals surface area contributed by atoms with Gasteiger partial charge in [-0.2, -0.15) is 0 Å². The van der Waals surface area contributed by atoms with Crippen molar-refractivity contribution in [1.82, 2.24) is 5.32 Å². The Morgan fingerprint density at radius 2 is 2.40 bits per heavy atom. The molecule has 2 rings (SSSR count). The summed E-state index contributed by atoms with van der Waals surface area (Å²) < 4.78 is 0. The Hall–Kier alpha value is -1.09. The monoisotopic (exact) mass is 149 g/mol. The lowest BCUT2D eigenvalue weighted by Gasteiger charge is -1.91. The van der Waals surface area contributed by atoms with E-state index in [9.17, 15) is 0 Å². The number of aliphatic imine (C=N–C) groups is 1. The van der Waals surface area contributed by atoms with Gasteiger partial charge in [0.15, 0.2) is 0 Å². The molecule has 0 aromatic carbocycles. The molecule has 1 aliphatic heterocycles. The number of thiophene rings is 1. The molecule has 1 aromatic heterocycles. The van der Waals surface area contributed by atoms with E-state index in [0.29, 0.717) is 0 Å². The van der Waals surface area contributed by atoms with E-state index in [2.05, 4.69) is 10.3 Å². The Balaban J connectivity index is 2.30. The largest absolute Gasteiger partial charge is 0.243 e. The summed E-state index contributed by atoms with van der Waals surface area (Å²) >= 11 is 1.68. The standard InChI is InChI=1S/C7H5N2S/c1-2-7(10-3-1)6-4-8-5-9-6/h1-5H. The topological polar surface area (TPSA) is 26.5 Å². The van der Waals surface area contributed by atoms with E-state index in [1.54, 1.807) is 23.9 Å². The molecule has 10 heavy (non-hydrogen) atoms. The summed E-state index contributed by atoms with van der Waals surface area (Å²) in [6.07, 6.45) is 3.33. The second-order valence-corrected chi connectivity index (χ2v) is 2.83. The molecule has 0 fully saturated rings. The normalized spacial score (nSPS) is 15.0. The molecule has 2 heterocycles. The Labute approximate surface area is 62.9 Å². The number of rotatable bonds is 1. The molecular formula is C7H5N2S. The fourth-order valence-corrected chi connectivity index (χ4v) is 1.47. The van der Waals surface area contributed by atoms with Crippen LogP contribution in [0.15, 0.2) is 28.7 Å². The minimum Gasteiger partial charge on any atom is -0.243 e. The van der Waals surface area contributed by atoms with Crippen molar-refractivity contribution in [3.63, 3.8) is 0 Å². The third-order valence-corrected chi connectivity index (χ3v) is 2.13. The summed E-state index contributed by atoms with van der Waals surface area (Å²) in [7, 11) is 0. The van der Waals surface area contributed by atoms with Crippen LogP contribution in [0.1, 0.15) is 4.88 Å². The second-order valence-electron chi connectivity index (χ2n) is 1.89. The van der Waals surface area contributed by atoms with Gasteiger partial charge in [-0.1, -0.05) is 6.07 Å². The molecule has 0 atom stereocenters. The van der Waals surface area contributed by atoms with Crippen LogP contribution in [0, 0.1) is 0 Å². The third-order valence-electron chi connectivity index (χ3n) is 1.23. The van der Waals surface area contributed by atoms with E-state index in [1.807, 2.05) is 17.5 Å². The van der Waals surface area contributed by atoms with Crippen LogP contribution >= 0.6 is 11.3 Å². The molecule has 2 nitrogen and oxygen atoms in total. The molecule has 1 aromatic rings. The van der Waals surface area contributed by atoms with Crippen molar-refractivity contribution in [2.24, 2.45) is 4.99 Å². The molecule has 3 heteroatoms. The van der Waals surface area contributed by atoms with Crippen LogP contribution in [0.3, 0.4) is 0 Å². The highest BCUT2D eigenvalue weighted by atomic mass is 32.1. The summed E-state index contributed by atoms with van der Waals surface area (Å²) in [6, 6.07) is 4.04. The van der Waals surface area contributed by atoms with Gasteiger partial charge in [-0.05, 0) is 11.4 Å². The zero-order chi connectivity index (χ0) is 6.81. The maximum atomic E-state index is 4.06. The summed E-state index contributed by atoms with van der Waals surface area (Å²) in [5, 5.41) is 6.09. The zero-order valence-corrected chi connectivity index (χ0v) is 6.01. The highest BCUT2D eigenvalue weighted by molar-refractivity contribution is 7.11. The molecule has 1 radical (unpaired) electrons. The summed E-state index contributed by atoms with van der Waals surface area (Å²) in [4.78, 5) is 5.05. The van der Waals surface area contributed by atoms with Crippen LogP contribution in [-0.2, 0) is 0 Å². The van der Waals surface area contributed by atoms with E-state index in [-0.39, 0.29) is 0 Å². The maximum absolute atomic E-state index is 4.06. The molecule has 0 N–H and O–H groups in total. The fourth-order valence-electron chi connectivity index (χ4n) is 0.784. The molecule has 0 unspecified atom stereocenters. The van der Waals surface area contributed by atoms with Gasteiger partial charge in [-0.25, -0.2) is 10.3 Å². The Morgan fingerprint density at radius 3 is 3.00 bits per heavy atom. The van der Waals surface area contributed by atoms with Crippen LogP contribution in [0.2, 0.25) is 0 Å². The smallest absolute Gasteiger partial charge is 0.116 e. The lowest BCUT2D eigenvalue weighted by molar-refractivity contribution is 1.37. The van der Waals surface area contributed by atoms with Gasteiger partial charge in [0.1, 0.15) is 12.0 Å². The predicted octanol–water partition coefficient (Wildman–Crippen LogP) is 1.69. The first-order valence-electron chi connectivity index (χ1n) is 2.93. The first-order valence-corrected chi connectivity index (χ1v) is 3.81. The summed E-state index contributed by atoms with van der Waals surface area (Å²) in [5.74, 6) is 0. The Morgan fingerprint density at radius 1 is 1.40 bits per heavy atom. The van der Waals surface area contributed by atoms with Gasteiger partial charge in [0, 0.05) is 0 Å². The van der Waals surface area contributed by atoms with Crippen LogP contribution in [0.5, 0.6) is 0 Å². The maximum Gasteiger partial charge on any atom is 0.116 e. The first-order chi connectivity index (χ1) is 4.97. The Bertz CT molecular complexity index is 272. The summed E-state index contributed by atoms with van der Waals surface area (Å²) in [6.45, 7) is 0. The number of hydrogen-bond acceptors (Lipinski definition) is 2. The molecule has 1 aliphatic rings. The van der Waals surface area contributed by atoms with E-state index >= 15 is 0 Å². The second kappa shape index (κ2) is 2.27. The third kappa shape index (κ3) is 0.844.